The molecular weight excluding hydrogens is 244 g/mol. The molecule has 1 aromatic heterocycles. The summed E-state index contributed by atoms with van der Waals surface area (Å²) in [5.74, 6) is -2.04. The van der Waals surface area contributed by atoms with Crippen LogP contribution in [0.1, 0.15) is 20.9 Å². The number of halogens is 1. The number of hydrogen-bond acceptors (Lipinski definition) is 4. The molecule has 0 aliphatic rings. The maximum absolute atomic E-state index is 10.9. The Bertz CT molecular complexity index is 354. The molecule has 0 unspecified atom stereocenters. The van der Waals surface area contributed by atoms with E-state index in [-0.39, 0.29) is 16.0 Å². The molecule has 0 amide bonds. The number of carboxylic acids is 1. The van der Waals surface area contributed by atoms with Gasteiger partial charge in [-0.05, 0) is 15.9 Å². The summed E-state index contributed by atoms with van der Waals surface area (Å²) < 4.78 is 9.13. The lowest BCUT2D eigenvalue weighted by molar-refractivity contribution is 0.0562. The molecule has 0 fully saturated rings. The van der Waals surface area contributed by atoms with Gasteiger partial charge in [0.05, 0.1) is 7.11 Å². The Morgan fingerprint density at radius 2 is 2.23 bits per heavy atom. The lowest BCUT2D eigenvalue weighted by atomic mass is 10.3. The van der Waals surface area contributed by atoms with Crippen LogP contribution in [0.2, 0.25) is 0 Å². The molecule has 0 aromatic carbocycles. The van der Waals surface area contributed by atoms with Gasteiger partial charge in [0.15, 0.2) is 4.67 Å². The lowest BCUT2D eigenvalue weighted by Gasteiger charge is -1.90. The molecule has 1 rings (SSSR count). The minimum Gasteiger partial charge on any atom is -0.478 e. The van der Waals surface area contributed by atoms with Gasteiger partial charge in [-0.25, -0.2) is 9.59 Å². The minimum atomic E-state index is -1.18. The van der Waals surface area contributed by atoms with E-state index in [1.165, 1.54) is 7.11 Å². The largest absolute Gasteiger partial charge is 0.478 e. The van der Waals surface area contributed by atoms with Crippen LogP contribution in [0.25, 0.3) is 0 Å². The summed E-state index contributed by atoms with van der Waals surface area (Å²) in [6, 6.07) is 1.10. The predicted octanol–water partition coefficient (Wildman–Crippen LogP) is 1.53. The van der Waals surface area contributed by atoms with Crippen molar-refractivity contribution in [2.24, 2.45) is 0 Å². The number of carbonyl (C=O) groups excluding carboxylic acids is 1. The molecule has 0 radical (unpaired) electrons. The van der Waals surface area contributed by atoms with Gasteiger partial charge >= 0.3 is 11.9 Å². The van der Waals surface area contributed by atoms with Gasteiger partial charge < -0.3 is 14.3 Å². The second-order valence-electron chi connectivity index (χ2n) is 2.09. The molecule has 1 aromatic rings. The Hall–Kier alpha value is -1.30. The normalized spacial score (nSPS) is 9.69. The van der Waals surface area contributed by atoms with Crippen molar-refractivity contribution in [1.29, 1.82) is 0 Å². The fraction of sp³-hybridized carbons (Fsp3) is 0.143. The van der Waals surface area contributed by atoms with Gasteiger partial charge in [-0.1, -0.05) is 0 Å². The first-order valence-electron chi connectivity index (χ1n) is 3.17. The molecule has 0 saturated heterocycles. The Kier molecular flexibility index (Phi) is 2.72. The highest BCUT2D eigenvalue weighted by molar-refractivity contribution is 9.10. The molecule has 13 heavy (non-hydrogen) atoms. The van der Waals surface area contributed by atoms with Crippen LogP contribution in [0.4, 0.5) is 0 Å². The Morgan fingerprint density at radius 1 is 1.62 bits per heavy atom. The van der Waals surface area contributed by atoms with E-state index in [1.807, 2.05) is 0 Å². The number of hydrogen-bond donors (Lipinski definition) is 1. The van der Waals surface area contributed by atoms with E-state index in [9.17, 15) is 9.59 Å². The molecule has 0 spiro atoms. The minimum absolute atomic E-state index is 0.000370. The van der Waals surface area contributed by atoms with Crippen LogP contribution in [0.5, 0.6) is 0 Å². The zero-order valence-corrected chi connectivity index (χ0v) is 8.12. The van der Waals surface area contributed by atoms with E-state index < -0.39 is 11.9 Å². The molecule has 0 aliphatic heterocycles. The summed E-state index contributed by atoms with van der Waals surface area (Å²) in [4.78, 5) is 21.4. The van der Waals surface area contributed by atoms with Gasteiger partial charge in [-0.2, -0.15) is 0 Å². The van der Waals surface area contributed by atoms with E-state index in [0.717, 1.165) is 6.07 Å². The number of aromatic carboxylic acids is 1. The van der Waals surface area contributed by atoms with Crippen molar-refractivity contribution in [1.82, 2.24) is 0 Å². The van der Waals surface area contributed by atoms with Gasteiger partial charge in [-0.3, -0.25) is 0 Å². The summed E-state index contributed by atoms with van der Waals surface area (Å²) in [6.07, 6.45) is 0. The molecule has 1 N–H and O–H groups in total. The SMILES string of the molecule is COC(=O)c1cc(C(=O)O)c(Br)o1. The number of carboxylic acid groups (broad SMARTS) is 1. The summed E-state index contributed by atoms with van der Waals surface area (Å²) in [5.41, 5.74) is -0.111. The average Bonchev–Trinajstić information content (AvgIpc) is 2.46. The topological polar surface area (TPSA) is 76.7 Å². The van der Waals surface area contributed by atoms with E-state index in [0.29, 0.717) is 0 Å². The molecule has 0 bridgehead atoms. The summed E-state index contributed by atoms with van der Waals surface area (Å²) in [5, 5.41) is 8.59. The Balaban J connectivity index is 3.09. The van der Waals surface area contributed by atoms with E-state index in [2.05, 4.69) is 20.7 Å². The van der Waals surface area contributed by atoms with Gasteiger partial charge in [0.1, 0.15) is 5.56 Å². The second kappa shape index (κ2) is 3.61. The molecule has 0 saturated carbocycles. The van der Waals surface area contributed by atoms with E-state index >= 15 is 0 Å². The summed E-state index contributed by atoms with van der Waals surface area (Å²) >= 11 is 2.86. The van der Waals surface area contributed by atoms with Gasteiger partial charge in [-0.15, -0.1) is 0 Å². The Morgan fingerprint density at radius 3 is 2.62 bits per heavy atom. The van der Waals surface area contributed by atoms with Crippen LogP contribution in [0.3, 0.4) is 0 Å². The maximum Gasteiger partial charge on any atom is 0.374 e. The third-order valence-corrected chi connectivity index (χ3v) is 1.89. The zero-order chi connectivity index (χ0) is 10.0. The standard InChI is InChI=1S/C7H5BrO5/c1-12-7(11)4-2-3(6(9)10)5(8)13-4/h2H,1H3,(H,9,10). The molecule has 1 heterocycles. The predicted molar refractivity (Wildman–Crippen MR) is 44.7 cm³/mol. The number of rotatable bonds is 2. The van der Waals surface area contributed by atoms with Crippen molar-refractivity contribution >= 4 is 27.9 Å². The van der Waals surface area contributed by atoms with Gasteiger partial charge in [0.25, 0.3) is 0 Å². The molecular formula is C7H5BrO5. The van der Waals surface area contributed by atoms with Crippen molar-refractivity contribution in [2.45, 2.75) is 0 Å². The highest BCUT2D eigenvalue weighted by Gasteiger charge is 2.19. The van der Waals surface area contributed by atoms with Crippen LogP contribution < -0.4 is 0 Å². The quantitative estimate of drug-likeness (QED) is 0.804. The highest BCUT2D eigenvalue weighted by atomic mass is 79.9. The van der Waals surface area contributed by atoms with E-state index in [1.54, 1.807) is 0 Å². The van der Waals surface area contributed by atoms with Crippen LogP contribution in [-0.4, -0.2) is 24.2 Å². The van der Waals surface area contributed by atoms with Crippen LogP contribution >= 0.6 is 15.9 Å². The summed E-state index contributed by atoms with van der Waals surface area (Å²) in [6.45, 7) is 0. The van der Waals surface area contributed by atoms with E-state index in [4.69, 9.17) is 9.52 Å². The van der Waals surface area contributed by atoms with Crippen molar-refractivity contribution < 1.29 is 23.8 Å². The molecule has 0 atom stereocenters. The van der Waals surface area contributed by atoms with Crippen molar-refractivity contribution in [3.63, 3.8) is 0 Å². The fourth-order valence-corrected chi connectivity index (χ4v) is 1.17. The van der Waals surface area contributed by atoms with Crippen LogP contribution in [-0.2, 0) is 4.74 Å². The molecule has 70 valence electrons. The highest BCUT2D eigenvalue weighted by Crippen LogP contribution is 2.21. The maximum atomic E-state index is 10.9. The molecule has 6 heteroatoms. The van der Waals surface area contributed by atoms with Crippen molar-refractivity contribution in [3.05, 3.63) is 22.1 Å². The number of methoxy groups -OCH3 is 1. The Labute approximate surface area is 81.4 Å². The fourth-order valence-electron chi connectivity index (χ4n) is 0.716. The van der Waals surface area contributed by atoms with Crippen molar-refractivity contribution in [2.75, 3.05) is 7.11 Å². The molecule has 5 nitrogen and oxygen atoms in total. The first-order valence-corrected chi connectivity index (χ1v) is 3.96. The number of carbonyl (C=O) groups is 2. The van der Waals surface area contributed by atoms with Crippen LogP contribution in [0.15, 0.2) is 15.2 Å². The molecule has 0 aliphatic carbocycles. The first-order chi connectivity index (χ1) is 6.06. The zero-order valence-electron chi connectivity index (χ0n) is 6.54. The third kappa shape index (κ3) is 1.89. The average molecular weight is 249 g/mol. The van der Waals surface area contributed by atoms with Gasteiger partial charge in [0, 0.05) is 6.07 Å². The van der Waals surface area contributed by atoms with Crippen molar-refractivity contribution in [3.8, 4) is 0 Å². The number of ether oxygens (including phenoxy) is 1. The third-order valence-electron chi connectivity index (χ3n) is 1.30. The lowest BCUT2D eigenvalue weighted by Crippen LogP contribution is -1.99. The smallest absolute Gasteiger partial charge is 0.374 e. The second-order valence-corrected chi connectivity index (χ2v) is 2.82. The number of esters is 1. The van der Waals surface area contributed by atoms with Gasteiger partial charge in [0.2, 0.25) is 5.76 Å². The monoisotopic (exact) mass is 248 g/mol. The van der Waals surface area contributed by atoms with Crippen LogP contribution in [0, 0.1) is 0 Å². The first kappa shape index (κ1) is 9.79. The number of furan rings is 1. The summed E-state index contributed by atoms with van der Waals surface area (Å²) in [7, 11) is 1.18.